The lowest BCUT2D eigenvalue weighted by Crippen LogP contribution is -2.25. The number of ketones is 1. The molecule has 1 amide bonds. The van der Waals surface area contributed by atoms with E-state index in [9.17, 15) is 14.7 Å². The van der Waals surface area contributed by atoms with E-state index in [0.29, 0.717) is 35.4 Å². The van der Waals surface area contributed by atoms with Crippen LogP contribution in [0.1, 0.15) is 57.7 Å². The van der Waals surface area contributed by atoms with Crippen molar-refractivity contribution in [3.63, 3.8) is 0 Å². The quantitative estimate of drug-likeness (QED) is 0.512. The van der Waals surface area contributed by atoms with E-state index >= 15 is 0 Å². The molecule has 2 aliphatic rings. The van der Waals surface area contributed by atoms with E-state index in [2.05, 4.69) is 10.2 Å². The number of hydrogen-bond acceptors (Lipinski definition) is 6. The Morgan fingerprint density at radius 2 is 1.91 bits per heavy atom. The molecule has 2 heterocycles. The Kier molecular flexibility index (Phi) is 5.30. The number of nitrogens with zero attached hydrogens (tertiary/aromatic N) is 2. The molecule has 5 rings (SSSR count). The number of phenolic OH excluding ortho intramolecular Hbond substituents is 1. The third-order valence-corrected chi connectivity index (χ3v) is 6.42. The number of amides is 1. The predicted octanol–water partition coefficient (Wildman–Crippen LogP) is 3.17. The van der Waals surface area contributed by atoms with Crippen molar-refractivity contribution in [1.82, 2.24) is 15.1 Å². The summed E-state index contributed by atoms with van der Waals surface area (Å²) in [6.07, 6.45) is 3.83. The van der Waals surface area contributed by atoms with E-state index in [0.717, 1.165) is 36.8 Å². The fraction of sp³-hybridized carbons (Fsp3) is 0.375. The monoisotopic (exact) mass is 435 g/mol. The number of nitrogens with one attached hydrogen (secondary N) is 1. The van der Waals surface area contributed by atoms with E-state index in [4.69, 9.17) is 9.84 Å². The van der Waals surface area contributed by atoms with Gasteiger partial charge in [-0.05, 0) is 42.2 Å². The van der Waals surface area contributed by atoms with E-state index < -0.39 is 0 Å². The number of carbonyl (C=O) groups is 2. The third kappa shape index (κ3) is 3.60. The zero-order valence-electron chi connectivity index (χ0n) is 17.6. The van der Waals surface area contributed by atoms with Gasteiger partial charge in [-0.3, -0.25) is 14.7 Å². The lowest BCUT2D eigenvalue weighted by Gasteiger charge is -2.16. The van der Waals surface area contributed by atoms with Crippen molar-refractivity contribution in [1.29, 1.82) is 0 Å². The molecule has 1 aromatic heterocycles. The minimum atomic E-state index is -0.307. The highest BCUT2D eigenvalue weighted by Gasteiger charge is 2.30. The van der Waals surface area contributed by atoms with Gasteiger partial charge in [0.15, 0.2) is 5.78 Å². The molecular formula is C24H25N3O5. The number of rotatable bonds is 6. The van der Waals surface area contributed by atoms with Crippen LogP contribution in [0.3, 0.4) is 0 Å². The highest BCUT2D eigenvalue weighted by molar-refractivity contribution is 6.10. The van der Waals surface area contributed by atoms with Gasteiger partial charge in [0.1, 0.15) is 23.8 Å². The number of benzene rings is 2. The summed E-state index contributed by atoms with van der Waals surface area (Å²) < 4.78 is 5.46. The van der Waals surface area contributed by atoms with E-state index in [1.165, 1.54) is 6.07 Å². The normalized spacial score (nSPS) is 16.0. The van der Waals surface area contributed by atoms with Gasteiger partial charge in [-0.2, -0.15) is 5.10 Å². The zero-order valence-corrected chi connectivity index (χ0v) is 17.6. The Bertz CT molecular complexity index is 1200. The van der Waals surface area contributed by atoms with Gasteiger partial charge < -0.3 is 19.8 Å². The summed E-state index contributed by atoms with van der Waals surface area (Å²) >= 11 is 0. The van der Waals surface area contributed by atoms with Gasteiger partial charge in [0.2, 0.25) is 0 Å². The molecule has 0 radical (unpaired) electrons. The van der Waals surface area contributed by atoms with Crippen LogP contribution in [0.5, 0.6) is 11.5 Å². The molecule has 1 aliphatic heterocycles. The fourth-order valence-corrected chi connectivity index (χ4v) is 4.73. The molecule has 1 aliphatic carbocycles. The maximum Gasteiger partial charge on any atom is 0.258 e. The van der Waals surface area contributed by atoms with Gasteiger partial charge in [0.05, 0.1) is 17.7 Å². The molecule has 8 heteroatoms. The summed E-state index contributed by atoms with van der Waals surface area (Å²) in [4.78, 5) is 27.9. The number of aromatic nitrogens is 2. The van der Waals surface area contributed by atoms with Crippen molar-refractivity contribution in [2.24, 2.45) is 5.92 Å². The van der Waals surface area contributed by atoms with E-state index in [-0.39, 0.29) is 42.1 Å². The average Bonchev–Trinajstić information content (AvgIpc) is 3.55. The molecule has 3 N–H and O–H groups in total. The third-order valence-electron chi connectivity index (χ3n) is 6.42. The minimum Gasteiger partial charge on any atom is -0.507 e. The van der Waals surface area contributed by atoms with Crippen molar-refractivity contribution in [2.45, 2.75) is 38.8 Å². The molecule has 8 nitrogen and oxygen atoms in total. The lowest BCUT2D eigenvalue weighted by atomic mass is 9.97. The number of aromatic hydroxyl groups is 1. The molecule has 0 atom stereocenters. The Balaban J connectivity index is 1.41. The molecule has 2 aromatic carbocycles. The maximum absolute atomic E-state index is 13.3. The number of aliphatic hydroxyl groups is 1. The summed E-state index contributed by atoms with van der Waals surface area (Å²) in [5.41, 5.74) is 3.02. The zero-order chi connectivity index (χ0) is 22.2. The highest BCUT2D eigenvalue weighted by atomic mass is 16.5. The van der Waals surface area contributed by atoms with Crippen LogP contribution in [0.4, 0.5) is 0 Å². The molecule has 0 unspecified atom stereocenters. The van der Waals surface area contributed by atoms with Crippen LogP contribution in [0, 0.1) is 5.92 Å². The number of hydrogen-bond donors (Lipinski definition) is 3. The Morgan fingerprint density at radius 3 is 2.69 bits per heavy atom. The predicted molar refractivity (Wildman–Crippen MR) is 117 cm³/mol. The summed E-state index contributed by atoms with van der Waals surface area (Å²) in [5, 5.41) is 27.1. The largest absolute Gasteiger partial charge is 0.507 e. The Labute approximate surface area is 184 Å². The Morgan fingerprint density at radius 1 is 1.12 bits per heavy atom. The Hall–Kier alpha value is -3.39. The van der Waals surface area contributed by atoms with Gasteiger partial charge >= 0.3 is 0 Å². The molecule has 0 saturated heterocycles. The number of Topliss-reactive ketones (excluding diaryl/α,β-unsaturated/α-hetero) is 1. The van der Waals surface area contributed by atoms with Gasteiger partial charge in [0, 0.05) is 30.5 Å². The smallest absolute Gasteiger partial charge is 0.258 e. The summed E-state index contributed by atoms with van der Waals surface area (Å²) in [6.45, 7) is 0.955. The van der Waals surface area contributed by atoms with Crippen molar-refractivity contribution < 1.29 is 24.5 Å². The maximum atomic E-state index is 13.3. The summed E-state index contributed by atoms with van der Waals surface area (Å²) in [7, 11) is 0. The highest BCUT2D eigenvalue weighted by Crippen LogP contribution is 2.34. The van der Waals surface area contributed by atoms with E-state index in [1.54, 1.807) is 11.0 Å². The van der Waals surface area contributed by atoms with Crippen LogP contribution in [-0.2, 0) is 13.1 Å². The second-order valence-corrected chi connectivity index (χ2v) is 8.50. The number of H-pyrrole nitrogens is 1. The van der Waals surface area contributed by atoms with Crippen molar-refractivity contribution in [3.05, 3.63) is 52.7 Å². The van der Waals surface area contributed by atoms with Crippen LogP contribution in [0.15, 0.2) is 30.3 Å². The van der Waals surface area contributed by atoms with Gasteiger partial charge in [-0.25, -0.2) is 0 Å². The second-order valence-electron chi connectivity index (χ2n) is 8.50. The van der Waals surface area contributed by atoms with Crippen LogP contribution in [0.25, 0.3) is 10.9 Å². The molecular weight excluding hydrogens is 410 g/mol. The first-order valence-electron chi connectivity index (χ1n) is 10.9. The van der Waals surface area contributed by atoms with Crippen LogP contribution >= 0.6 is 0 Å². The van der Waals surface area contributed by atoms with E-state index in [1.807, 2.05) is 18.2 Å². The number of fused-ring (bicyclic) bond motifs is 2. The van der Waals surface area contributed by atoms with Crippen LogP contribution < -0.4 is 4.74 Å². The number of aliphatic hydroxyl groups excluding tert-OH is 1. The number of phenols is 1. The van der Waals surface area contributed by atoms with Gasteiger partial charge in [0.25, 0.3) is 5.91 Å². The SMILES string of the molecule is O=C(c1n[nH]c2cc(O)c(C(=O)N3Cc4ccc(OCCO)cc4C3)cc12)C1CCCC1. The second kappa shape index (κ2) is 8.27. The standard InChI is InChI=1S/C24H25N3O5/c28-7-8-32-17-6-5-15-12-27(13-16(15)9-17)24(31)19-10-18-20(11-21(19)29)25-26-22(18)23(30)14-3-1-2-4-14/h5-6,9-11,14,28-29H,1-4,7-8,12-13H2,(H,25,26). The molecule has 0 spiro atoms. The average molecular weight is 435 g/mol. The fourth-order valence-electron chi connectivity index (χ4n) is 4.73. The molecule has 3 aromatic rings. The van der Waals surface area contributed by atoms with Crippen molar-refractivity contribution in [3.8, 4) is 11.5 Å². The van der Waals surface area contributed by atoms with Gasteiger partial charge in [-0.1, -0.05) is 18.9 Å². The number of carbonyl (C=O) groups excluding carboxylic acids is 2. The first kappa shape index (κ1) is 20.5. The topological polar surface area (TPSA) is 116 Å². The lowest BCUT2D eigenvalue weighted by molar-refractivity contribution is 0.0748. The van der Waals surface area contributed by atoms with Gasteiger partial charge in [-0.15, -0.1) is 0 Å². The number of aromatic amines is 1. The molecule has 1 saturated carbocycles. The van der Waals surface area contributed by atoms with Crippen LogP contribution in [-0.4, -0.2) is 50.2 Å². The molecule has 32 heavy (non-hydrogen) atoms. The van der Waals surface area contributed by atoms with Crippen molar-refractivity contribution in [2.75, 3.05) is 13.2 Å². The van der Waals surface area contributed by atoms with Crippen molar-refractivity contribution >= 4 is 22.6 Å². The minimum absolute atomic E-state index is 0.00169. The molecule has 166 valence electrons. The number of ether oxygens (including phenoxy) is 1. The summed E-state index contributed by atoms with van der Waals surface area (Å²) in [6, 6.07) is 8.64. The molecule has 1 fully saturated rings. The summed E-state index contributed by atoms with van der Waals surface area (Å²) in [5.74, 6) is 0.171. The first-order chi connectivity index (χ1) is 15.5. The van der Waals surface area contributed by atoms with Crippen LogP contribution in [0.2, 0.25) is 0 Å². The first-order valence-corrected chi connectivity index (χ1v) is 10.9. The molecule has 0 bridgehead atoms.